The zero-order valence-corrected chi connectivity index (χ0v) is 9.26. The first-order valence-corrected chi connectivity index (χ1v) is 4.83. The predicted octanol–water partition coefficient (Wildman–Crippen LogP) is 3.32. The molecule has 0 N–H and O–H groups in total. The topological polar surface area (TPSA) is 17.1 Å². The molecule has 0 aromatic heterocycles. The Morgan fingerprint density at radius 1 is 1.31 bits per heavy atom. The van der Waals surface area contributed by atoms with Crippen LogP contribution in [-0.2, 0) is 4.79 Å². The molecule has 0 aliphatic heterocycles. The van der Waals surface area contributed by atoms with Crippen molar-refractivity contribution in [2.45, 2.75) is 13.8 Å². The highest BCUT2D eigenvalue weighted by atomic mass is 79.9. The molecular formula is C11H11BrO. The van der Waals surface area contributed by atoms with Gasteiger partial charge in [0.1, 0.15) is 6.29 Å². The maximum atomic E-state index is 10.5. The first-order chi connectivity index (χ1) is 6.15. The molecule has 0 amide bonds. The fourth-order valence-corrected chi connectivity index (χ4v) is 1.34. The van der Waals surface area contributed by atoms with E-state index >= 15 is 0 Å². The molecule has 0 bridgehead atoms. The van der Waals surface area contributed by atoms with E-state index in [1.807, 2.05) is 31.2 Å². The maximum Gasteiger partial charge on any atom is 0.146 e. The molecule has 1 rings (SSSR count). The van der Waals surface area contributed by atoms with Crippen molar-refractivity contribution in [2.75, 3.05) is 0 Å². The summed E-state index contributed by atoms with van der Waals surface area (Å²) in [7, 11) is 0. The molecule has 0 saturated heterocycles. The Hall–Kier alpha value is -0.890. The van der Waals surface area contributed by atoms with Crippen molar-refractivity contribution in [1.82, 2.24) is 0 Å². The van der Waals surface area contributed by atoms with E-state index in [4.69, 9.17) is 0 Å². The minimum atomic E-state index is 0.712. The van der Waals surface area contributed by atoms with E-state index in [0.717, 1.165) is 16.3 Å². The van der Waals surface area contributed by atoms with Gasteiger partial charge in [0.15, 0.2) is 0 Å². The number of hydrogen-bond donors (Lipinski definition) is 0. The summed E-state index contributed by atoms with van der Waals surface area (Å²) in [6.07, 6.45) is 0.851. The van der Waals surface area contributed by atoms with E-state index in [1.54, 1.807) is 6.92 Å². The number of benzene rings is 1. The van der Waals surface area contributed by atoms with Gasteiger partial charge in [0.05, 0.1) is 0 Å². The summed E-state index contributed by atoms with van der Waals surface area (Å²) in [5.74, 6) is 0. The van der Waals surface area contributed by atoms with Gasteiger partial charge in [0, 0.05) is 10.1 Å². The van der Waals surface area contributed by atoms with Gasteiger partial charge in [-0.2, -0.15) is 0 Å². The van der Waals surface area contributed by atoms with Crippen LogP contribution in [0.5, 0.6) is 0 Å². The van der Waals surface area contributed by atoms with Crippen LogP contribution in [-0.4, -0.2) is 6.29 Å². The minimum absolute atomic E-state index is 0.712. The number of carbonyl (C=O) groups is 1. The third-order valence-electron chi connectivity index (χ3n) is 1.83. The van der Waals surface area contributed by atoms with Crippen molar-refractivity contribution in [1.29, 1.82) is 0 Å². The maximum absolute atomic E-state index is 10.5. The van der Waals surface area contributed by atoms with Crippen LogP contribution >= 0.6 is 15.9 Å². The zero-order chi connectivity index (χ0) is 9.84. The highest BCUT2D eigenvalue weighted by Crippen LogP contribution is 2.24. The summed E-state index contributed by atoms with van der Waals surface area (Å²) in [5, 5.41) is 0. The zero-order valence-electron chi connectivity index (χ0n) is 7.67. The molecule has 0 atom stereocenters. The first kappa shape index (κ1) is 10.2. The van der Waals surface area contributed by atoms with Crippen LogP contribution < -0.4 is 0 Å². The summed E-state index contributed by atoms with van der Waals surface area (Å²) in [5.41, 5.74) is 2.96. The smallest absolute Gasteiger partial charge is 0.146 e. The van der Waals surface area contributed by atoms with Gasteiger partial charge < -0.3 is 0 Å². The molecule has 0 unspecified atom stereocenters. The molecule has 68 valence electrons. The largest absolute Gasteiger partial charge is 0.298 e. The Kier molecular flexibility index (Phi) is 3.43. The summed E-state index contributed by atoms with van der Waals surface area (Å²) in [4.78, 5) is 10.5. The van der Waals surface area contributed by atoms with Crippen molar-refractivity contribution >= 4 is 26.7 Å². The molecule has 0 spiro atoms. The highest BCUT2D eigenvalue weighted by molar-refractivity contribution is 9.15. The van der Waals surface area contributed by atoms with E-state index in [0.29, 0.717) is 5.57 Å². The number of carbonyl (C=O) groups excluding carboxylic acids is 1. The van der Waals surface area contributed by atoms with Crippen molar-refractivity contribution in [3.05, 3.63) is 41.0 Å². The van der Waals surface area contributed by atoms with Crippen LogP contribution in [0.2, 0.25) is 0 Å². The molecule has 0 fully saturated rings. The Balaban J connectivity index is 3.09. The third kappa shape index (κ3) is 2.52. The second-order valence-corrected chi connectivity index (χ2v) is 3.77. The fourth-order valence-electron chi connectivity index (χ4n) is 0.979. The Bertz CT molecular complexity index is 336. The molecule has 1 aromatic rings. The van der Waals surface area contributed by atoms with E-state index in [-0.39, 0.29) is 0 Å². The third-order valence-corrected chi connectivity index (χ3v) is 2.91. The van der Waals surface area contributed by atoms with Crippen molar-refractivity contribution in [2.24, 2.45) is 0 Å². The molecule has 0 radical (unpaired) electrons. The lowest BCUT2D eigenvalue weighted by Crippen LogP contribution is -1.83. The van der Waals surface area contributed by atoms with Gasteiger partial charge in [0.25, 0.3) is 0 Å². The Morgan fingerprint density at radius 3 is 2.31 bits per heavy atom. The molecule has 13 heavy (non-hydrogen) atoms. The Morgan fingerprint density at radius 2 is 1.85 bits per heavy atom. The second kappa shape index (κ2) is 4.38. The molecule has 0 saturated carbocycles. The second-order valence-electron chi connectivity index (χ2n) is 2.98. The number of aryl methyl sites for hydroxylation is 1. The number of rotatable bonds is 2. The van der Waals surface area contributed by atoms with Gasteiger partial charge in [-0.15, -0.1) is 0 Å². The summed E-state index contributed by atoms with van der Waals surface area (Å²) >= 11 is 3.38. The van der Waals surface area contributed by atoms with E-state index in [2.05, 4.69) is 15.9 Å². The van der Waals surface area contributed by atoms with Gasteiger partial charge in [-0.3, -0.25) is 4.79 Å². The fraction of sp³-hybridized carbons (Fsp3) is 0.182. The first-order valence-electron chi connectivity index (χ1n) is 4.03. The molecule has 0 aliphatic rings. The number of allylic oxidation sites excluding steroid dienone is 1. The van der Waals surface area contributed by atoms with E-state index in [9.17, 15) is 4.79 Å². The standard InChI is InChI=1S/C11H11BrO/c1-8-3-5-10(6-4-8)11(12)9(2)7-13/h3-7H,1-2H3/b11-9+. The minimum Gasteiger partial charge on any atom is -0.298 e. The summed E-state index contributed by atoms with van der Waals surface area (Å²) in [6.45, 7) is 3.82. The molecule has 0 aliphatic carbocycles. The van der Waals surface area contributed by atoms with E-state index < -0.39 is 0 Å². The lowest BCUT2D eigenvalue weighted by Gasteiger charge is -2.01. The van der Waals surface area contributed by atoms with Crippen LogP contribution in [0.3, 0.4) is 0 Å². The van der Waals surface area contributed by atoms with Gasteiger partial charge in [-0.05, 0) is 35.3 Å². The number of aldehydes is 1. The van der Waals surface area contributed by atoms with Crippen molar-refractivity contribution < 1.29 is 4.79 Å². The van der Waals surface area contributed by atoms with Gasteiger partial charge in [-0.1, -0.05) is 29.8 Å². The molecule has 1 nitrogen and oxygen atoms in total. The molecule has 2 heteroatoms. The summed E-state index contributed by atoms with van der Waals surface area (Å²) in [6, 6.07) is 8.03. The Labute approximate surface area is 86.6 Å². The summed E-state index contributed by atoms with van der Waals surface area (Å²) < 4.78 is 0.863. The quantitative estimate of drug-likeness (QED) is 0.571. The lowest BCUT2D eigenvalue weighted by atomic mass is 10.1. The average molecular weight is 239 g/mol. The van der Waals surface area contributed by atoms with Crippen LogP contribution in [0.1, 0.15) is 18.1 Å². The van der Waals surface area contributed by atoms with Gasteiger partial charge in [0.2, 0.25) is 0 Å². The number of hydrogen-bond acceptors (Lipinski definition) is 1. The van der Waals surface area contributed by atoms with Crippen molar-refractivity contribution in [3.8, 4) is 0 Å². The van der Waals surface area contributed by atoms with Gasteiger partial charge >= 0.3 is 0 Å². The van der Waals surface area contributed by atoms with Crippen LogP contribution in [0, 0.1) is 6.92 Å². The van der Waals surface area contributed by atoms with Crippen LogP contribution in [0.15, 0.2) is 29.8 Å². The monoisotopic (exact) mass is 238 g/mol. The van der Waals surface area contributed by atoms with Crippen LogP contribution in [0.25, 0.3) is 4.48 Å². The number of halogens is 1. The molecular weight excluding hydrogens is 228 g/mol. The van der Waals surface area contributed by atoms with Gasteiger partial charge in [-0.25, -0.2) is 0 Å². The predicted molar refractivity (Wildman–Crippen MR) is 58.8 cm³/mol. The van der Waals surface area contributed by atoms with E-state index in [1.165, 1.54) is 5.56 Å². The SMILES string of the molecule is C/C(C=O)=C(\Br)c1ccc(C)cc1. The highest BCUT2D eigenvalue weighted by Gasteiger charge is 2.00. The molecule has 0 heterocycles. The lowest BCUT2D eigenvalue weighted by molar-refractivity contribution is -0.104. The average Bonchev–Trinajstić information content (AvgIpc) is 2.17. The molecule has 1 aromatic carbocycles. The normalized spacial score (nSPS) is 12.2. The van der Waals surface area contributed by atoms with Crippen LogP contribution in [0.4, 0.5) is 0 Å². The van der Waals surface area contributed by atoms with Crippen molar-refractivity contribution in [3.63, 3.8) is 0 Å².